The second kappa shape index (κ2) is 1.96. The van der Waals surface area contributed by atoms with Crippen LogP contribution < -0.4 is 5.73 Å². The van der Waals surface area contributed by atoms with Gasteiger partial charge in [0.1, 0.15) is 0 Å². The molecule has 0 spiro atoms. The maximum absolute atomic E-state index is 12.8. The van der Waals surface area contributed by atoms with Crippen molar-refractivity contribution in [3.8, 4) is 0 Å². The molecule has 0 unspecified atom stereocenters. The number of carboxylic acid groups (broad SMARTS) is 1. The zero-order chi connectivity index (χ0) is 9.09. The van der Waals surface area contributed by atoms with E-state index in [1.165, 1.54) is 0 Å². The first-order valence-corrected chi connectivity index (χ1v) is 3.82. The lowest BCUT2D eigenvalue weighted by molar-refractivity contribution is -0.143. The van der Waals surface area contributed by atoms with Crippen molar-refractivity contribution in [1.29, 1.82) is 0 Å². The number of halogens is 2. The van der Waals surface area contributed by atoms with Crippen LogP contribution in [-0.4, -0.2) is 23.0 Å². The van der Waals surface area contributed by atoms with E-state index in [1.54, 1.807) is 0 Å². The van der Waals surface area contributed by atoms with Crippen LogP contribution in [0.4, 0.5) is 8.78 Å². The average Bonchev–Trinajstić information content (AvgIpc) is 2.37. The van der Waals surface area contributed by atoms with Gasteiger partial charge in [-0.15, -0.1) is 0 Å². The summed E-state index contributed by atoms with van der Waals surface area (Å²) in [5, 5.41) is 8.57. The largest absolute Gasteiger partial charge is 0.481 e. The van der Waals surface area contributed by atoms with Gasteiger partial charge in [-0.25, -0.2) is 8.78 Å². The summed E-state index contributed by atoms with van der Waals surface area (Å²) in [5.41, 5.74) is 5.38. The zero-order valence-corrected chi connectivity index (χ0v) is 6.21. The maximum atomic E-state index is 12.8. The van der Waals surface area contributed by atoms with E-state index < -0.39 is 35.7 Å². The van der Waals surface area contributed by atoms with E-state index >= 15 is 0 Å². The highest BCUT2D eigenvalue weighted by Gasteiger charge is 2.77. The van der Waals surface area contributed by atoms with E-state index in [9.17, 15) is 13.6 Å². The van der Waals surface area contributed by atoms with Gasteiger partial charge in [-0.3, -0.25) is 4.79 Å². The molecule has 5 heteroatoms. The fourth-order valence-corrected chi connectivity index (χ4v) is 2.29. The predicted octanol–water partition coefficient (Wildman–Crippen LogP) is 0.299. The first-order valence-electron chi connectivity index (χ1n) is 3.82. The normalized spacial score (nSPS) is 48.6. The fraction of sp³-hybridized carbons (Fsp3) is 0.857. The van der Waals surface area contributed by atoms with Gasteiger partial charge in [0.25, 0.3) is 5.92 Å². The lowest BCUT2D eigenvalue weighted by Gasteiger charge is -2.12. The van der Waals surface area contributed by atoms with Crippen molar-refractivity contribution in [1.82, 2.24) is 0 Å². The summed E-state index contributed by atoms with van der Waals surface area (Å²) in [5.74, 6) is -6.76. The van der Waals surface area contributed by atoms with Crippen LogP contribution in [0.25, 0.3) is 0 Å². The monoisotopic (exact) mass is 177 g/mol. The zero-order valence-electron chi connectivity index (χ0n) is 6.21. The van der Waals surface area contributed by atoms with Crippen LogP contribution in [-0.2, 0) is 4.79 Å². The summed E-state index contributed by atoms with van der Waals surface area (Å²) >= 11 is 0. The molecule has 0 aliphatic heterocycles. The number of carboxylic acids is 1. The number of aliphatic carboxylic acids is 1. The lowest BCUT2D eigenvalue weighted by Crippen LogP contribution is -2.29. The van der Waals surface area contributed by atoms with E-state index in [0.29, 0.717) is 0 Å². The van der Waals surface area contributed by atoms with Crippen LogP contribution in [0.1, 0.15) is 6.42 Å². The molecule has 2 rings (SSSR count). The lowest BCUT2D eigenvalue weighted by atomic mass is 10.0. The number of alkyl halides is 2. The number of nitrogens with two attached hydrogens (primary N) is 1. The van der Waals surface area contributed by atoms with Gasteiger partial charge in [-0.05, 0) is 6.42 Å². The Morgan fingerprint density at radius 2 is 2.08 bits per heavy atom. The van der Waals surface area contributed by atoms with Crippen LogP contribution in [0, 0.1) is 17.8 Å². The quantitative estimate of drug-likeness (QED) is 0.605. The molecule has 4 atom stereocenters. The molecule has 3 N–H and O–H groups in total. The van der Waals surface area contributed by atoms with E-state index in [2.05, 4.69) is 0 Å². The van der Waals surface area contributed by atoms with Gasteiger partial charge in [0.05, 0.1) is 5.92 Å². The minimum atomic E-state index is -2.82. The van der Waals surface area contributed by atoms with Crippen molar-refractivity contribution in [3.05, 3.63) is 0 Å². The van der Waals surface area contributed by atoms with Gasteiger partial charge in [0.15, 0.2) is 0 Å². The van der Waals surface area contributed by atoms with Crippen LogP contribution in [0.3, 0.4) is 0 Å². The smallest absolute Gasteiger partial charge is 0.307 e. The van der Waals surface area contributed by atoms with E-state index in [1.807, 2.05) is 0 Å². The Morgan fingerprint density at radius 3 is 2.33 bits per heavy atom. The molecule has 2 aliphatic carbocycles. The Hall–Kier alpha value is -0.710. The Labute approximate surface area is 67.5 Å². The van der Waals surface area contributed by atoms with Gasteiger partial charge in [0.2, 0.25) is 0 Å². The van der Waals surface area contributed by atoms with Crippen LogP contribution in [0.2, 0.25) is 0 Å². The third kappa shape index (κ3) is 0.744. The number of hydrogen-bond donors (Lipinski definition) is 2. The molecule has 0 aromatic carbocycles. The summed E-state index contributed by atoms with van der Waals surface area (Å²) in [4.78, 5) is 10.5. The average molecular weight is 177 g/mol. The van der Waals surface area contributed by atoms with Gasteiger partial charge in [0, 0.05) is 17.9 Å². The fourth-order valence-electron chi connectivity index (χ4n) is 2.29. The molecule has 0 aromatic rings. The summed E-state index contributed by atoms with van der Waals surface area (Å²) < 4.78 is 25.5. The van der Waals surface area contributed by atoms with Gasteiger partial charge in [-0.2, -0.15) is 0 Å². The molecule has 3 nitrogen and oxygen atoms in total. The highest BCUT2D eigenvalue weighted by atomic mass is 19.3. The third-order valence-corrected chi connectivity index (χ3v) is 2.90. The van der Waals surface area contributed by atoms with Crippen LogP contribution >= 0.6 is 0 Å². The number of rotatable bonds is 1. The maximum Gasteiger partial charge on any atom is 0.307 e. The predicted molar refractivity (Wildman–Crippen MR) is 35.6 cm³/mol. The summed E-state index contributed by atoms with van der Waals surface area (Å²) in [6.07, 6.45) is 0.195. The SMILES string of the molecule is N[C@H]1C[C@@H](C(=O)O)[C@H]2[C@@H]1C2(F)F. The van der Waals surface area contributed by atoms with E-state index in [-0.39, 0.29) is 6.42 Å². The van der Waals surface area contributed by atoms with Crippen molar-refractivity contribution < 1.29 is 18.7 Å². The van der Waals surface area contributed by atoms with Gasteiger partial charge in [-0.1, -0.05) is 0 Å². The first-order chi connectivity index (χ1) is 5.46. The van der Waals surface area contributed by atoms with Crippen molar-refractivity contribution in [2.45, 2.75) is 18.4 Å². The van der Waals surface area contributed by atoms with Crippen molar-refractivity contribution >= 4 is 5.97 Å². The summed E-state index contributed by atoms with van der Waals surface area (Å²) in [6.45, 7) is 0. The topological polar surface area (TPSA) is 63.3 Å². The Bertz CT molecular complexity index is 244. The molecule has 0 heterocycles. The van der Waals surface area contributed by atoms with Crippen molar-refractivity contribution in [2.24, 2.45) is 23.5 Å². The molecule has 0 bridgehead atoms. The molecule has 2 fully saturated rings. The minimum absolute atomic E-state index is 0.195. The molecule has 2 saturated carbocycles. The first kappa shape index (κ1) is 7.91. The van der Waals surface area contributed by atoms with Gasteiger partial charge < -0.3 is 10.8 Å². The number of fused-ring (bicyclic) bond motifs is 1. The molecule has 2 aliphatic rings. The highest BCUT2D eigenvalue weighted by molar-refractivity contribution is 5.72. The molecular weight excluding hydrogens is 168 g/mol. The van der Waals surface area contributed by atoms with Crippen molar-refractivity contribution in [2.75, 3.05) is 0 Å². The standard InChI is InChI=1S/C7H9F2NO2/c8-7(9)4-2(6(11)12)1-3(10)5(4)7/h2-5H,1,10H2,(H,11,12)/t2-,3+,4+,5-/m1/s1. The number of carbonyl (C=O) groups is 1. The molecule has 0 aromatic heterocycles. The Morgan fingerprint density at radius 1 is 1.50 bits per heavy atom. The van der Waals surface area contributed by atoms with E-state index in [0.717, 1.165) is 0 Å². The second-order valence-electron chi connectivity index (χ2n) is 3.57. The minimum Gasteiger partial charge on any atom is -0.481 e. The molecule has 12 heavy (non-hydrogen) atoms. The van der Waals surface area contributed by atoms with E-state index in [4.69, 9.17) is 10.8 Å². The molecule has 68 valence electrons. The summed E-state index contributed by atoms with van der Waals surface area (Å²) in [6, 6.07) is -0.633. The molecular formula is C7H9F2NO2. The van der Waals surface area contributed by atoms with Crippen LogP contribution in [0.5, 0.6) is 0 Å². The third-order valence-electron chi connectivity index (χ3n) is 2.90. The van der Waals surface area contributed by atoms with Crippen molar-refractivity contribution in [3.63, 3.8) is 0 Å². The van der Waals surface area contributed by atoms with Crippen LogP contribution in [0.15, 0.2) is 0 Å². The number of hydrogen-bond acceptors (Lipinski definition) is 2. The molecule has 0 radical (unpaired) electrons. The summed E-state index contributed by atoms with van der Waals surface area (Å²) in [7, 11) is 0. The Kier molecular flexibility index (Phi) is 1.29. The Balaban J connectivity index is 2.19. The molecule has 0 amide bonds. The van der Waals surface area contributed by atoms with Gasteiger partial charge >= 0.3 is 5.97 Å². The molecule has 0 saturated heterocycles. The highest BCUT2D eigenvalue weighted by Crippen LogP contribution is 2.65. The second-order valence-corrected chi connectivity index (χ2v) is 3.57.